The number of fused-ring (bicyclic) bond motifs is 1. The standard InChI is InChI=1S/C37H45N7O6/c1-36(2,50)30-21-39-42-44(30)27-20-29(34(48)41-37(16-8-9-17-37)31(45)32(38)46)43(22-27)35(49)28(18-23-10-4-3-5-11-23)40-33(47)26-15-14-24-12-6-7-13-25(24)19-26/h6-7,12-15,19,21,23,27,29,50H,3-5,8-11,16-18,20,22H2,1-2H3,(H2,38,46)(H,41,48)/t27-,29-/m0/s1. The van der Waals surface area contributed by atoms with Crippen LogP contribution < -0.4 is 11.1 Å². The first kappa shape index (κ1) is 35.1. The van der Waals surface area contributed by atoms with Crippen molar-refractivity contribution < 1.29 is 29.1 Å². The van der Waals surface area contributed by atoms with Crippen LogP contribution in [0.3, 0.4) is 0 Å². The summed E-state index contributed by atoms with van der Waals surface area (Å²) in [7, 11) is 0. The number of benzene rings is 2. The molecule has 2 heterocycles. The van der Waals surface area contributed by atoms with Crippen LogP contribution in [0.5, 0.6) is 0 Å². The Kier molecular flexibility index (Phi) is 9.97. The van der Waals surface area contributed by atoms with Crippen LogP contribution in [0.2, 0.25) is 0 Å². The summed E-state index contributed by atoms with van der Waals surface area (Å²) >= 11 is 0. The molecule has 4 N–H and O–H groups in total. The van der Waals surface area contributed by atoms with E-state index in [2.05, 4.69) is 20.6 Å². The molecule has 264 valence electrons. The largest absolute Gasteiger partial charge is 0.384 e. The van der Waals surface area contributed by atoms with E-state index >= 15 is 0 Å². The molecule has 3 fully saturated rings. The Hall–Kier alpha value is -4.78. The van der Waals surface area contributed by atoms with Crippen molar-refractivity contribution in [1.82, 2.24) is 25.2 Å². The van der Waals surface area contributed by atoms with Crippen LogP contribution in [-0.4, -0.2) is 78.2 Å². The molecule has 13 heteroatoms. The number of aliphatic imine (C=N–C) groups is 1. The number of aliphatic hydroxyl groups is 1. The number of hydrogen-bond acceptors (Lipinski definition) is 8. The fourth-order valence-electron chi connectivity index (χ4n) is 7.88. The van der Waals surface area contributed by atoms with Crippen molar-refractivity contribution >= 4 is 45.9 Å². The minimum absolute atomic E-state index is 0.00791. The Morgan fingerprint density at radius 3 is 2.38 bits per heavy atom. The number of aromatic nitrogens is 3. The molecular formula is C37H45N7O6. The average molecular weight is 684 g/mol. The number of carbonyl (C=O) groups excluding carboxylic acids is 5. The van der Waals surface area contributed by atoms with Crippen molar-refractivity contribution in [2.24, 2.45) is 16.6 Å². The molecule has 2 aromatic carbocycles. The number of carbonyl (C=O) groups is 5. The van der Waals surface area contributed by atoms with Gasteiger partial charge in [0.1, 0.15) is 22.9 Å². The van der Waals surface area contributed by atoms with Gasteiger partial charge >= 0.3 is 0 Å². The summed E-state index contributed by atoms with van der Waals surface area (Å²) in [6, 6.07) is 11.3. The molecule has 50 heavy (non-hydrogen) atoms. The molecule has 0 bridgehead atoms. The first-order valence-corrected chi connectivity index (χ1v) is 17.6. The average Bonchev–Trinajstić information content (AvgIpc) is 3.88. The summed E-state index contributed by atoms with van der Waals surface area (Å²) in [5.74, 6) is -3.57. The minimum atomic E-state index is -1.45. The van der Waals surface area contributed by atoms with Crippen LogP contribution in [0.4, 0.5) is 0 Å². The maximum absolute atomic E-state index is 14.7. The van der Waals surface area contributed by atoms with E-state index in [0.717, 1.165) is 42.9 Å². The van der Waals surface area contributed by atoms with Crippen molar-refractivity contribution in [1.29, 1.82) is 0 Å². The molecule has 1 aromatic heterocycles. The highest BCUT2D eigenvalue weighted by molar-refractivity contribution is 6.41. The molecule has 6 rings (SSSR count). The van der Waals surface area contributed by atoms with Gasteiger partial charge in [0.15, 0.2) is 0 Å². The Morgan fingerprint density at radius 1 is 1.00 bits per heavy atom. The molecule has 2 aliphatic carbocycles. The number of nitrogens with one attached hydrogen (secondary N) is 1. The van der Waals surface area contributed by atoms with Gasteiger partial charge in [0.25, 0.3) is 17.7 Å². The first-order chi connectivity index (χ1) is 23.9. The Balaban J connectivity index is 1.37. The number of ketones is 1. The molecule has 13 nitrogen and oxygen atoms in total. The van der Waals surface area contributed by atoms with E-state index < -0.39 is 52.6 Å². The monoisotopic (exact) mass is 683 g/mol. The number of Topliss-reactive ketones (excluding diaryl/α,β-unsaturated/α-hetero) is 1. The van der Waals surface area contributed by atoms with Gasteiger partial charge in [-0.1, -0.05) is 80.5 Å². The summed E-state index contributed by atoms with van der Waals surface area (Å²) in [5, 5.41) is 23.7. The van der Waals surface area contributed by atoms with E-state index in [-0.39, 0.29) is 43.9 Å². The molecule has 1 aliphatic heterocycles. The molecule has 0 radical (unpaired) electrons. The van der Waals surface area contributed by atoms with Gasteiger partial charge in [-0.3, -0.25) is 24.0 Å². The Bertz CT molecular complexity index is 1830. The lowest BCUT2D eigenvalue weighted by Gasteiger charge is -2.31. The summed E-state index contributed by atoms with van der Waals surface area (Å²) in [5.41, 5.74) is 3.45. The van der Waals surface area contributed by atoms with E-state index in [9.17, 15) is 29.1 Å². The van der Waals surface area contributed by atoms with Crippen LogP contribution in [0.1, 0.15) is 107 Å². The van der Waals surface area contributed by atoms with E-state index in [1.807, 2.05) is 30.3 Å². The lowest BCUT2D eigenvalue weighted by Crippen LogP contribution is -2.60. The van der Waals surface area contributed by atoms with Gasteiger partial charge in [-0.15, -0.1) is 5.10 Å². The lowest BCUT2D eigenvalue weighted by atomic mass is 9.85. The van der Waals surface area contributed by atoms with Gasteiger partial charge in [-0.05, 0) is 61.9 Å². The highest BCUT2D eigenvalue weighted by Gasteiger charge is 2.49. The number of hydrogen-bond donors (Lipinski definition) is 3. The number of rotatable bonds is 10. The molecule has 2 atom stereocenters. The molecule has 0 unspecified atom stereocenters. The van der Waals surface area contributed by atoms with Gasteiger partial charge in [-0.25, -0.2) is 9.67 Å². The number of nitrogens with zero attached hydrogens (tertiary/aromatic N) is 5. The van der Waals surface area contributed by atoms with Gasteiger partial charge < -0.3 is 21.1 Å². The zero-order chi connectivity index (χ0) is 35.6. The fraction of sp³-hybridized carbons (Fsp3) is 0.514. The molecular weight excluding hydrogens is 638 g/mol. The SMILES string of the molecule is CC(C)(O)c1cnnn1[C@H]1C[C@@H](C(=O)NC2(C(=O)C(N)=O)CCCC2)N(C(=O)C(CC2CCCCC2)=NC(=O)c2ccc3ccccc3c2)C1. The number of likely N-dealkylation sites (tertiary alicyclic amines) is 1. The number of primary amides is 1. The van der Waals surface area contributed by atoms with E-state index in [0.29, 0.717) is 24.1 Å². The van der Waals surface area contributed by atoms with Crippen LogP contribution in [0.15, 0.2) is 53.7 Å². The quantitative estimate of drug-likeness (QED) is 0.214. The predicted molar refractivity (Wildman–Crippen MR) is 185 cm³/mol. The van der Waals surface area contributed by atoms with Gasteiger partial charge in [0.2, 0.25) is 11.7 Å². The summed E-state index contributed by atoms with van der Waals surface area (Å²) in [4.78, 5) is 73.6. The van der Waals surface area contributed by atoms with E-state index in [1.165, 1.54) is 15.8 Å². The second-order valence-electron chi connectivity index (χ2n) is 14.6. The fourth-order valence-corrected chi connectivity index (χ4v) is 7.88. The van der Waals surface area contributed by atoms with Crippen molar-refractivity contribution in [3.05, 3.63) is 59.9 Å². The minimum Gasteiger partial charge on any atom is -0.384 e. The topological polar surface area (TPSA) is 190 Å². The van der Waals surface area contributed by atoms with Crippen molar-refractivity contribution in [3.63, 3.8) is 0 Å². The Labute approximate surface area is 290 Å². The van der Waals surface area contributed by atoms with Crippen molar-refractivity contribution in [3.8, 4) is 0 Å². The molecule has 1 saturated heterocycles. The van der Waals surface area contributed by atoms with E-state index in [1.54, 1.807) is 26.0 Å². The van der Waals surface area contributed by atoms with Crippen molar-refractivity contribution in [2.75, 3.05) is 6.54 Å². The van der Waals surface area contributed by atoms with E-state index in [4.69, 9.17) is 5.73 Å². The third-order valence-electron chi connectivity index (χ3n) is 10.6. The number of amides is 4. The predicted octanol–water partition coefficient (Wildman–Crippen LogP) is 3.54. The molecule has 2 saturated carbocycles. The smallest absolute Gasteiger partial charge is 0.287 e. The van der Waals surface area contributed by atoms with Gasteiger partial charge in [-0.2, -0.15) is 0 Å². The molecule has 3 aromatic rings. The maximum atomic E-state index is 14.7. The second kappa shape index (κ2) is 14.2. The third kappa shape index (κ3) is 7.23. The highest BCUT2D eigenvalue weighted by Crippen LogP contribution is 2.35. The zero-order valence-corrected chi connectivity index (χ0v) is 28.6. The highest BCUT2D eigenvalue weighted by atomic mass is 16.3. The number of nitrogens with two attached hydrogens (primary N) is 1. The van der Waals surface area contributed by atoms with Gasteiger partial charge in [0, 0.05) is 18.5 Å². The van der Waals surface area contributed by atoms with Crippen LogP contribution >= 0.6 is 0 Å². The van der Waals surface area contributed by atoms with Crippen molar-refractivity contribution in [2.45, 2.75) is 108 Å². The van der Waals surface area contributed by atoms with Crippen LogP contribution in [0, 0.1) is 5.92 Å². The first-order valence-electron chi connectivity index (χ1n) is 17.6. The van der Waals surface area contributed by atoms with Gasteiger partial charge in [0.05, 0.1) is 17.9 Å². The molecule has 4 amide bonds. The zero-order valence-electron chi connectivity index (χ0n) is 28.6. The summed E-state index contributed by atoms with van der Waals surface area (Å²) in [6.07, 6.45) is 8.49. The third-order valence-corrected chi connectivity index (χ3v) is 10.6. The Morgan fingerprint density at radius 2 is 1.70 bits per heavy atom. The molecule has 0 spiro atoms. The van der Waals surface area contributed by atoms with Crippen LogP contribution in [-0.2, 0) is 24.8 Å². The summed E-state index contributed by atoms with van der Waals surface area (Å²) < 4.78 is 1.52. The molecule has 3 aliphatic rings. The maximum Gasteiger partial charge on any atom is 0.287 e. The normalized spacial score (nSPS) is 21.3. The second-order valence-corrected chi connectivity index (χ2v) is 14.6. The lowest BCUT2D eigenvalue weighted by molar-refractivity contribution is -0.143. The summed E-state index contributed by atoms with van der Waals surface area (Å²) in [6.45, 7) is 3.20. The van der Waals surface area contributed by atoms with Crippen LogP contribution in [0.25, 0.3) is 10.8 Å².